The minimum absolute atomic E-state index is 0.605. The first-order chi connectivity index (χ1) is 8.79. The van der Waals surface area contributed by atoms with Crippen molar-refractivity contribution in [2.45, 2.75) is 45.6 Å². The van der Waals surface area contributed by atoms with E-state index in [4.69, 9.17) is 0 Å². The van der Waals surface area contributed by atoms with Gasteiger partial charge in [-0.1, -0.05) is 13.3 Å². The Labute approximate surface area is 110 Å². The number of nitrogens with one attached hydrogen (secondary N) is 1. The maximum Gasteiger partial charge on any atom is 0.151 e. The lowest BCUT2D eigenvalue weighted by Crippen LogP contribution is -2.44. The average molecular weight is 248 g/mol. The fourth-order valence-electron chi connectivity index (χ4n) is 2.48. The van der Waals surface area contributed by atoms with Gasteiger partial charge < -0.3 is 10.2 Å². The van der Waals surface area contributed by atoms with Gasteiger partial charge in [-0.3, -0.25) is 0 Å². The number of aryl methyl sites for hydroxylation is 1. The first kappa shape index (κ1) is 13.3. The molecule has 100 valence electrons. The zero-order valence-corrected chi connectivity index (χ0v) is 11.5. The molecule has 0 bridgehead atoms. The van der Waals surface area contributed by atoms with Crippen LogP contribution < -0.4 is 10.2 Å². The third kappa shape index (κ3) is 3.67. The van der Waals surface area contributed by atoms with Crippen LogP contribution in [0, 0.1) is 6.92 Å². The molecule has 1 N–H and O–H groups in total. The fraction of sp³-hybridized carbons (Fsp3) is 0.714. The van der Waals surface area contributed by atoms with Crippen LogP contribution in [0.5, 0.6) is 0 Å². The summed E-state index contributed by atoms with van der Waals surface area (Å²) in [7, 11) is 0. The molecule has 0 aromatic carbocycles. The summed E-state index contributed by atoms with van der Waals surface area (Å²) >= 11 is 0. The zero-order chi connectivity index (χ0) is 12.8. The van der Waals surface area contributed by atoms with Gasteiger partial charge in [0.25, 0.3) is 0 Å². The minimum Gasteiger partial charge on any atom is -0.354 e. The molecule has 0 spiro atoms. The van der Waals surface area contributed by atoms with Gasteiger partial charge in [-0.15, -0.1) is 5.10 Å². The smallest absolute Gasteiger partial charge is 0.151 e. The van der Waals surface area contributed by atoms with Crippen LogP contribution >= 0.6 is 0 Å². The molecular formula is C14H24N4. The first-order valence-corrected chi connectivity index (χ1v) is 7.08. The van der Waals surface area contributed by atoms with Gasteiger partial charge in [-0.25, -0.2) is 0 Å². The van der Waals surface area contributed by atoms with Crippen molar-refractivity contribution in [1.82, 2.24) is 15.5 Å². The van der Waals surface area contributed by atoms with E-state index in [1.54, 1.807) is 0 Å². The SMILES string of the molecule is CCCN(CC1CCCCN1)c1ccc(C)nn1. The molecule has 4 heteroatoms. The summed E-state index contributed by atoms with van der Waals surface area (Å²) in [5.41, 5.74) is 0.978. The molecule has 1 saturated heterocycles. The van der Waals surface area contributed by atoms with Crippen molar-refractivity contribution in [3.63, 3.8) is 0 Å². The van der Waals surface area contributed by atoms with E-state index in [1.807, 2.05) is 13.0 Å². The highest BCUT2D eigenvalue weighted by Crippen LogP contribution is 2.14. The van der Waals surface area contributed by atoms with Crippen LogP contribution in [0.2, 0.25) is 0 Å². The molecule has 1 atom stereocenters. The molecule has 2 heterocycles. The Morgan fingerprint density at radius 2 is 2.22 bits per heavy atom. The Bertz CT molecular complexity index is 343. The fourth-order valence-corrected chi connectivity index (χ4v) is 2.48. The van der Waals surface area contributed by atoms with E-state index in [2.05, 4.69) is 33.4 Å². The van der Waals surface area contributed by atoms with Crippen LogP contribution in [0.3, 0.4) is 0 Å². The Kier molecular flexibility index (Phi) is 4.93. The second-order valence-electron chi connectivity index (χ2n) is 5.13. The molecule has 0 radical (unpaired) electrons. The lowest BCUT2D eigenvalue weighted by molar-refractivity contribution is 0.398. The van der Waals surface area contributed by atoms with Gasteiger partial charge in [0.2, 0.25) is 0 Å². The Balaban J connectivity index is 2.00. The number of hydrogen-bond donors (Lipinski definition) is 1. The topological polar surface area (TPSA) is 41.0 Å². The van der Waals surface area contributed by atoms with Crippen molar-refractivity contribution in [2.24, 2.45) is 0 Å². The average Bonchev–Trinajstić information content (AvgIpc) is 2.40. The highest BCUT2D eigenvalue weighted by atomic mass is 15.3. The summed E-state index contributed by atoms with van der Waals surface area (Å²) in [4.78, 5) is 2.36. The second-order valence-corrected chi connectivity index (χ2v) is 5.13. The van der Waals surface area contributed by atoms with Crippen LogP contribution in [0.15, 0.2) is 12.1 Å². The molecule has 1 aliphatic rings. The van der Waals surface area contributed by atoms with E-state index in [0.717, 1.165) is 37.6 Å². The molecule has 0 amide bonds. The number of aromatic nitrogens is 2. The van der Waals surface area contributed by atoms with Crippen LogP contribution in [-0.4, -0.2) is 35.9 Å². The normalized spacial score (nSPS) is 19.8. The van der Waals surface area contributed by atoms with Gasteiger partial charge >= 0.3 is 0 Å². The third-order valence-electron chi connectivity index (χ3n) is 3.45. The Morgan fingerprint density at radius 1 is 1.33 bits per heavy atom. The number of nitrogens with zero attached hydrogens (tertiary/aromatic N) is 3. The molecule has 0 saturated carbocycles. The maximum absolute atomic E-state index is 4.31. The van der Waals surface area contributed by atoms with Crippen LogP contribution in [0.25, 0.3) is 0 Å². The van der Waals surface area contributed by atoms with E-state index in [-0.39, 0.29) is 0 Å². The highest BCUT2D eigenvalue weighted by molar-refractivity contribution is 5.37. The van der Waals surface area contributed by atoms with Crippen molar-refractivity contribution in [3.05, 3.63) is 17.8 Å². The van der Waals surface area contributed by atoms with Gasteiger partial charge in [-0.05, 0) is 44.9 Å². The number of rotatable bonds is 5. The standard InChI is InChI=1S/C14H24N4/c1-3-10-18(11-13-6-4-5-9-15-13)14-8-7-12(2)16-17-14/h7-8,13,15H,3-6,9-11H2,1-2H3. The summed E-state index contributed by atoms with van der Waals surface area (Å²) < 4.78 is 0. The van der Waals surface area contributed by atoms with Gasteiger partial charge in [0.05, 0.1) is 5.69 Å². The van der Waals surface area contributed by atoms with Crippen molar-refractivity contribution >= 4 is 5.82 Å². The molecule has 1 fully saturated rings. The van der Waals surface area contributed by atoms with E-state index in [9.17, 15) is 0 Å². The molecular weight excluding hydrogens is 224 g/mol. The van der Waals surface area contributed by atoms with Crippen molar-refractivity contribution in [2.75, 3.05) is 24.5 Å². The highest BCUT2D eigenvalue weighted by Gasteiger charge is 2.17. The number of anilines is 1. The number of piperidine rings is 1. The van der Waals surface area contributed by atoms with Crippen LogP contribution in [-0.2, 0) is 0 Å². The summed E-state index contributed by atoms with van der Waals surface area (Å²) in [5.74, 6) is 1.01. The lowest BCUT2D eigenvalue weighted by Gasteiger charge is -2.31. The second kappa shape index (κ2) is 6.69. The third-order valence-corrected chi connectivity index (χ3v) is 3.45. The van der Waals surface area contributed by atoms with Gasteiger partial charge in [0.1, 0.15) is 0 Å². The summed E-state index contributed by atoms with van der Waals surface area (Å²) in [6, 6.07) is 4.73. The monoisotopic (exact) mass is 248 g/mol. The summed E-state index contributed by atoms with van der Waals surface area (Å²) in [6.07, 6.45) is 5.08. The molecule has 18 heavy (non-hydrogen) atoms. The van der Waals surface area contributed by atoms with Crippen LogP contribution in [0.1, 0.15) is 38.3 Å². The maximum atomic E-state index is 4.31. The minimum atomic E-state index is 0.605. The number of hydrogen-bond acceptors (Lipinski definition) is 4. The van der Waals surface area contributed by atoms with Gasteiger partial charge in [0.15, 0.2) is 5.82 Å². The summed E-state index contributed by atoms with van der Waals surface area (Å²) in [6.45, 7) is 7.44. The molecule has 2 rings (SSSR count). The molecule has 0 aliphatic carbocycles. The lowest BCUT2D eigenvalue weighted by atomic mass is 10.0. The quantitative estimate of drug-likeness (QED) is 0.867. The first-order valence-electron chi connectivity index (χ1n) is 7.08. The predicted molar refractivity (Wildman–Crippen MR) is 74.9 cm³/mol. The zero-order valence-electron chi connectivity index (χ0n) is 11.5. The van der Waals surface area contributed by atoms with Crippen molar-refractivity contribution < 1.29 is 0 Å². The molecule has 4 nitrogen and oxygen atoms in total. The largest absolute Gasteiger partial charge is 0.354 e. The van der Waals surface area contributed by atoms with E-state index in [1.165, 1.54) is 19.3 Å². The van der Waals surface area contributed by atoms with Crippen molar-refractivity contribution in [1.29, 1.82) is 0 Å². The van der Waals surface area contributed by atoms with Gasteiger partial charge in [0, 0.05) is 19.1 Å². The molecule has 1 aliphatic heterocycles. The molecule has 1 unspecified atom stereocenters. The Morgan fingerprint density at radius 3 is 2.83 bits per heavy atom. The predicted octanol–water partition coefficient (Wildman–Crippen LogP) is 2.14. The van der Waals surface area contributed by atoms with Gasteiger partial charge in [-0.2, -0.15) is 5.10 Å². The Hall–Kier alpha value is -1.16. The van der Waals surface area contributed by atoms with Crippen molar-refractivity contribution in [3.8, 4) is 0 Å². The molecule has 1 aromatic rings. The summed E-state index contributed by atoms with van der Waals surface area (Å²) in [5, 5.41) is 12.1. The van der Waals surface area contributed by atoms with E-state index >= 15 is 0 Å². The molecule has 1 aromatic heterocycles. The van der Waals surface area contributed by atoms with Crippen LogP contribution in [0.4, 0.5) is 5.82 Å². The van der Waals surface area contributed by atoms with E-state index in [0.29, 0.717) is 6.04 Å². The van der Waals surface area contributed by atoms with E-state index < -0.39 is 0 Å².